The lowest BCUT2D eigenvalue weighted by atomic mass is 10.1. The predicted octanol–water partition coefficient (Wildman–Crippen LogP) is 3.63. The maximum absolute atomic E-state index is 11.8. The van der Waals surface area contributed by atoms with Gasteiger partial charge in [-0.3, -0.25) is 4.79 Å². The molecule has 0 bridgehead atoms. The van der Waals surface area contributed by atoms with Gasteiger partial charge < -0.3 is 5.32 Å². The Kier molecular flexibility index (Phi) is 5.29. The van der Waals surface area contributed by atoms with Crippen molar-refractivity contribution in [2.24, 2.45) is 0 Å². The molecule has 1 aromatic carbocycles. The topological polar surface area (TPSA) is 29.1 Å². The molecule has 16 heavy (non-hydrogen) atoms. The van der Waals surface area contributed by atoms with Crippen LogP contribution in [0.3, 0.4) is 0 Å². The number of rotatable bonds is 4. The van der Waals surface area contributed by atoms with Gasteiger partial charge in [0.1, 0.15) is 0 Å². The van der Waals surface area contributed by atoms with Gasteiger partial charge in [0.05, 0.1) is 10.6 Å². The van der Waals surface area contributed by atoms with Gasteiger partial charge in [-0.2, -0.15) is 0 Å². The Morgan fingerprint density at radius 1 is 1.44 bits per heavy atom. The number of hydrogen-bond acceptors (Lipinski definition) is 1. The number of nitrogens with one attached hydrogen (secondary N) is 1. The zero-order valence-electron chi connectivity index (χ0n) is 9.34. The molecule has 0 aliphatic rings. The first-order valence-corrected chi connectivity index (χ1v) is 6.49. The van der Waals surface area contributed by atoms with Crippen LogP contribution in [-0.4, -0.2) is 16.8 Å². The molecule has 0 spiro atoms. The van der Waals surface area contributed by atoms with Crippen LogP contribution < -0.4 is 5.32 Å². The van der Waals surface area contributed by atoms with Gasteiger partial charge >= 0.3 is 0 Å². The van der Waals surface area contributed by atoms with Gasteiger partial charge in [0.25, 0.3) is 5.91 Å². The maximum atomic E-state index is 11.8. The molecule has 1 aromatic rings. The van der Waals surface area contributed by atoms with Crippen LogP contribution in [0, 0.1) is 0 Å². The average Bonchev–Trinajstić information content (AvgIpc) is 2.16. The molecule has 0 aliphatic carbocycles. The third kappa shape index (κ3) is 4.14. The summed E-state index contributed by atoms with van der Waals surface area (Å²) in [5.74, 6) is -0.119. The molecule has 0 saturated heterocycles. The molecule has 1 amide bonds. The van der Waals surface area contributed by atoms with Crippen LogP contribution in [0.1, 0.15) is 30.6 Å². The fourth-order valence-electron chi connectivity index (χ4n) is 1.49. The summed E-state index contributed by atoms with van der Waals surface area (Å²) in [7, 11) is 0. The van der Waals surface area contributed by atoms with Crippen molar-refractivity contribution < 1.29 is 4.79 Å². The number of halogens is 2. The smallest absolute Gasteiger partial charge is 0.252 e. The Bertz CT molecular complexity index is 368. The molecule has 0 radical (unpaired) electrons. The van der Waals surface area contributed by atoms with Crippen LogP contribution in [0.4, 0.5) is 0 Å². The van der Waals surface area contributed by atoms with Gasteiger partial charge in [0.15, 0.2) is 0 Å². The predicted molar refractivity (Wildman–Crippen MR) is 71.4 cm³/mol. The lowest BCUT2D eigenvalue weighted by Crippen LogP contribution is -2.34. The summed E-state index contributed by atoms with van der Waals surface area (Å²) < 4.78 is 0. The molecule has 2 atom stereocenters. The summed E-state index contributed by atoms with van der Waals surface area (Å²) in [6.07, 6.45) is 0.885. The fraction of sp³-hybridized carbons (Fsp3) is 0.417. The summed E-state index contributed by atoms with van der Waals surface area (Å²) in [5, 5.41) is 3.40. The van der Waals surface area contributed by atoms with Crippen molar-refractivity contribution in [1.29, 1.82) is 0 Å². The Morgan fingerprint density at radius 2 is 2.06 bits per heavy atom. The standard InChI is InChI=1S/C12H15BrClNO/c1-8(13)7-9(2)15-12(16)10-5-3-4-6-11(10)14/h3-6,8-9H,7H2,1-2H3,(H,15,16). The molecular formula is C12H15BrClNO. The molecule has 0 heterocycles. The van der Waals surface area contributed by atoms with Crippen LogP contribution in [0.2, 0.25) is 5.02 Å². The lowest BCUT2D eigenvalue weighted by Gasteiger charge is -2.15. The van der Waals surface area contributed by atoms with Crippen molar-refractivity contribution in [3.8, 4) is 0 Å². The van der Waals surface area contributed by atoms with Crippen molar-refractivity contribution in [3.63, 3.8) is 0 Å². The quantitative estimate of drug-likeness (QED) is 0.846. The van der Waals surface area contributed by atoms with E-state index >= 15 is 0 Å². The van der Waals surface area contributed by atoms with E-state index < -0.39 is 0 Å². The summed E-state index contributed by atoms with van der Waals surface area (Å²) in [6, 6.07) is 7.18. The molecule has 1 rings (SSSR count). The normalized spacial score (nSPS) is 14.2. The molecule has 0 aromatic heterocycles. The minimum absolute atomic E-state index is 0.119. The van der Waals surface area contributed by atoms with E-state index in [1.807, 2.05) is 13.0 Å². The number of alkyl halides is 1. The first kappa shape index (κ1) is 13.5. The Hall–Kier alpha value is -0.540. The highest BCUT2D eigenvalue weighted by Crippen LogP contribution is 2.15. The van der Waals surface area contributed by atoms with Crippen LogP contribution in [0.5, 0.6) is 0 Å². The van der Waals surface area contributed by atoms with Gasteiger partial charge in [-0.25, -0.2) is 0 Å². The molecule has 88 valence electrons. The van der Waals surface area contributed by atoms with Gasteiger partial charge in [-0.05, 0) is 25.5 Å². The summed E-state index contributed by atoms with van der Waals surface area (Å²) in [4.78, 5) is 12.2. The number of hydrogen-bond donors (Lipinski definition) is 1. The van der Waals surface area contributed by atoms with Crippen molar-refractivity contribution in [2.75, 3.05) is 0 Å². The fourth-order valence-corrected chi connectivity index (χ4v) is 2.28. The summed E-state index contributed by atoms with van der Waals surface area (Å²) in [5.41, 5.74) is 0.526. The highest BCUT2D eigenvalue weighted by molar-refractivity contribution is 9.09. The van der Waals surface area contributed by atoms with E-state index in [0.717, 1.165) is 6.42 Å². The average molecular weight is 305 g/mol. The molecular weight excluding hydrogens is 289 g/mol. The second-order valence-corrected chi connectivity index (χ2v) is 5.84. The van der Waals surface area contributed by atoms with E-state index in [-0.39, 0.29) is 11.9 Å². The van der Waals surface area contributed by atoms with Crippen molar-refractivity contribution in [3.05, 3.63) is 34.9 Å². The monoisotopic (exact) mass is 303 g/mol. The van der Waals surface area contributed by atoms with Crippen LogP contribution in [0.15, 0.2) is 24.3 Å². The highest BCUT2D eigenvalue weighted by atomic mass is 79.9. The number of carbonyl (C=O) groups is 1. The number of carbonyl (C=O) groups excluding carboxylic acids is 1. The summed E-state index contributed by atoms with van der Waals surface area (Å²) >= 11 is 9.40. The first-order chi connectivity index (χ1) is 7.50. The van der Waals surface area contributed by atoms with Crippen molar-refractivity contribution >= 4 is 33.4 Å². The molecule has 0 fully saturated rings. The van der Waals surface area contributed by atoms with E-state index in [1.54, 1.807) is 18.2 Å². The molecule has 0 saturated carbocycles. The second kappa shape index (κ2) is 6.26. The third-order valence-corrected chi connectivity index (χ3v) is 2.88. The first-order valence-electron chi connectivity index (χ1n) is 5.20. The Morgan fingerprint density at radius 3 is 2.62 bits per heavy atom. The molecule has 1 N–H and O–H groups in total. The zero-order valence-corrected chi connectivity index (χ0v) is 11.7. The zero-order chi connectivity index (χ0) is 12.1. The van der Waals surface area contributed by atoms with Crippen LogP contribution in [-0.2, 0) is 0 Å². The van der Waals surface area contributed by atoms with E-state index in [1.165, 1.54) is 0 Å². The SMILES string of the molecule is CC(Br)CC(C)NC(=O)c1ccccc1Cl. The maximum Gasteiger partial charge on any atom is 0.252 e. The molecule has 2 unspecified atom stereocenters. The van der Waals surface area contributed by atoms with Gasteiger partial charge in [0.2, 0.25) is 0 Å². The third-order valence-electron chi connectivity index (χ3n) is 2.17. The minimum atomic E-state index is -0.119. The highest BCUT2D eigenvalue weighted by Gasteiger charge is 2.13. The Labute approximate surface area is 110 Å². The number of amides is 1. The van der Waals surface area contributed by atoms with Crippen LogP contribution in [0.25, 0.3) is 0 Å². The Balaban J connectivity index is 2.63. The van der Waals surface area contributed by atoms with Gasteiger partial charge in [0, 0.05) is 10.9 Å². The molecule has 0 aliphatic heterocycles. The largest absolute Gasteiger partial charge is 0.350 e. The van der Waals surface area contributed by atoms with E-state index in [9.17, 15) is 4.79 Å². The number of benzene rings is 1. The van der Waals surface area contributed by atoms with Crippen LogP contribution >= 0.6 is 27.5 Å². The second-order valence-electron chi connectivity index (χ2n) is 3.87. The lowest BCUT2D eigenvalue weighted by molar-refractivity contribution is 0.0939. The van der Waals surface area contributed by atoms with Crippen molar-refractivity contribution in [2.45, 2.75) is 31.1 Å². The van der Waals surface area contributed by atoms with Gasteiger partial charge in [-0.1, -0.05) is 46.6 Å². The van der Waals surface area contributed by atoms with E-state index in [0.29, 0.717) is 15.4 Å². The van der Waals surface area contributed by atoms with E-state index in [2.05, 4.69) is 28.2 Å². The van der Waals surface area contributed by atoms with Gasteiger partial charge in [-0.15, -0.1) is 0 Å². The minimum Gasteiger partial charge on any atom is -0.350 e. The molecule has 4 heteroatoms. The summed E-state index contributed by atoms with van der Waals surface area (Å²) in [6.45, 7) is 4.03. The van der Waals surface area contributed by atoms with E-state index in [4.69, 9.17) is 11.6 Å². The van der Waals surface area contributed by atoms with Crippen molar-refractivity contribution in [1.82, 2.24) is 5.32 Å². The molecule has 2 nitrogen and oxygen atoms in total.